The Morgan fingerprint density at radius 1 is 1.12 bits per heavy atom. The van der Waals surface area contributed by atoms with Crippen molar-refractivity contribution in [3.05, 3.63) is 34.2 Å². The third kappa shape index (κ3) is 2.04. The van der Waals surface area contributed by atoms with Gasteiger partial charge in [-0.1, -0.05) is 12.1 Å². The van der Waals surface area contributed by atoms with Crippen LogP contribution < -0.4 is 11.0 Å². The van der Waals surface area contributed by atoms with Crippen LogP contribution in [0.3, 0.4) is 0 Å². The zero-order valence-corrected chi connectivity index (χ0v) is 13.2. The first kappa shape index (κ1) is 14.9. The molecule has 1 saturated heterocycles. The molecule has 2 heterocycles. The predicted molar refractivity (Wildman–Crippen MR) is 85.6 cm³/mol. The quantitative estimate of drug-likeness (QED) is 0.825. The van der Waals surface area contributed by atoms with E-state index in [-0.39, 0.29) is 29.7 Å². The Kier molecular flexibility index (Phi) is 3.19. The number of Topliss-reactive ketones (excluding diaryl/α,β-unsaturated/α-hetero) is 1. The van der Waals surface area contributed by atoms with Crippen LogP contribution in [0.25, 0.3) is 11.0 Å². The number of nitrogens with zero attached hydrogens (tertiary/aromatic N) is 2. The number of amides is 2. The highest BCUT2D eigenvalue weighted by molar-refractivity contribution is 6.00. The number of para-hydroxylation sites is 1. The molecule has 1 aromatic carbocycles. The number of aryl methyl sites for hydroxylation is 1. The summed E-state index contributed by atoms with van der Waals surface area (Å²) in [5.41, 5.74) is 2.13. The van der Waals surface area contributed by atoms with E-state index in [9.17, 15) is 19.2 Å². The highest BCUT2D eigenvalue weighted by Crippen LogP contribution is 2.37. The van der Waals surface area contributed by atoms with Crippen LogP contribution in [0.5, 0.6) is 0 Å². The molecule has 2 aromatic rings. The number of imide groups is 1. The molecule has 24 heavy (non-hydrogen) atoms. The summed E-state index contributed by atoms with van der Waals surface area (Å²) in [4.78, 5) is 47.7. The zero-order valence-electron chi connectivity index (χ0n) is 13.2. The molecule has 0 spiro atoms. The van der Waals surface area contributed by atoms with Gasteiger partial charge in [0.05, 0.1) is 11.0 Å². The van der Waals surface area contributed by atoms with E-state index < -0.39 is 11.9 Å². The van der Waals surface area contributed by atoms with Crippen molar-refractivity contribution in [3.63, 3.8) is 0 Å². The average Bonchev–Trinajstić information content (AvgIpc) is 2.77. The molecule has 1 N–H and O–H groups in total. The number of aromatic nitrogens is 2. The molecule has 7 heteroatoms. The number of carbonyl (C=O) groups excluding carboxylic acids is 3. The standard InChI is InChI=1S/C17H17N3O4/c1-19-15-11(9-7-10(21)8-9)3-2-4-12(15)20(17(19)24)13-5-6-14(22)18-16(13)23/h2-4,9,13H,5-8H2,1H3,(H,18,22,23). The van der Waals surface area contributed by atoms with Gasteiger partial charge in [-0.2, -0.15) is 0 Å². The topological polar surface area (TPSA) is 90.2 Å². The second kappa shape index (κ2) is 5.15. The molecular weight excluding hydrogens is 310 g/mol. The van der Waals surface area contributed by atoms with Crippen molar-refractivity contribution in [1.82, 2.24) is 14.5 Å². The Bertz CT molecular complexity index is 945. The summed E-state index contributed by atoms with van der Waals surface area (Å²) < 4.78 is 3.01. The van der Waals surface area contributed by atoms with Gasteiger partial charge in [0, 0.05) is 26.3 Å². The van der Waals surface area contributed by atoms with E-state index in [2.05, 4.69) is 5.32 Å². The molecule has 2 aliphatic rings. The number of imidazole rings is 1. The molecule has 0 radical (unpaired) electrons. The van der Waals surface area contributed by atoms with E-state index >= 15 is 0 Å². The van der Waals surface area contributed by atoms with E-state index in [1.807, 2.05) is 18.2 Å². The molecule has 1 aliphatic carbocycles. The number of nitrogens with one attached hydrogen (secondary N) is 1. The maximum Gasteiger partial charge on any atom is 0.329 e. The zero-order chi connectivity index (χ0) is 17.0. The average molecular weight is 327 g/mol. The van der Waals surface area contributed by atoms with Crippen LogP contribution in [-0.4, -0.2) is 26.7 Å². The lowest BCUT2D eigenvalue weighted by Gasteiger charge is -2.25. The minimum absolute atomic E-state index is 0.129. The molecular formula is C17H17N3O4. The van der Waals surface area contributed by atoms with Crippen molar-refractivity contribution in [1.29, 1.82) is 0 Å². The minimum Gasteiger partial charge on any atom is -0.300 e. The predicted octanol–water partition coefficient (Wildman–Crippen LogP) is 0.764. The third-order valence-electron chi connectivity index (χ3n) is 5.04. The molecule has 2 fully saturated rings. The SMILES string of the molecule is Cn1c(=O)n(C2CCC(=O)NC2=O)c2cccc(C3CC(=O)C3)c21. The van der Waals surface area contributed by atoms with Gasteiger partial charge in [-0.05, 0) is 24.0 Å². The van der Waals surface area contributed by atoms with Gasteiger partial charge in [0.15, 0.2) is 0 Å². The van der Waals surface area contributed by atoms with Crippen LogP contribution in [0.15, 0.2) is 23.0 Å². The van der Waals surface area contributed by atoms with Crippen LogP contribution >= 0.6 is 0 Å². The molecule has 2 amide bonds. The maximum absolute atomic E-state index is 12.8. The van der Waals surface area contributed by atoms with Crippen LogP contribution in [0.4, 0.5) is 0 Å². The first-order valence-electron chi connectivity index (χ1n) is 8.02. The summed E-state index contributed by atoms with van der Waals surface area (Å²) in [6.45, 7) is 0. The summed E-state index contributed by atoms with van der Waals surface area (Å²) in [6.07, 6.45) is 1.53. The number of hydrogen-bond acceptors (Lipinski definition) is 4. The van der Waals surface area contributed by atoms with Gasteiger partial charge in [-0.3, -0.25) is 28.8 Å². The van der Waals surface area contributed by atoms with Gasteiger partial charge in [-0.25, -0.2) is 4.79 Å². The first-order valence-corrected chi connectivity index (χ1v) is 8.02. The Morgan fingerprint density at radius 2 is 1.88 bits per heavy atom. The van der Waals surface area contributed by atoms with Crippen molar-refractivity contribution in [2.24, 2.45) is 7.05 Å². The van der Waals surface area contributed by atoms with Crippen molar-refractivity contribution < 1.29 is 14.4 Å². The van der Waals surface area contributed by atoms with E-state index in [1.54, 1.807) is 7.05 Å². The smallest absolute Gasteiger partial charge is 0.300 e. The second-order valence-corrected chi connectivity index (χ2v) is 6.54. The number of rotatable bonds is 2. The fourth-order valence-corrected chi connectivity index (χ4v) is 3.74. The number of hydrogen-bond donors (Lipinski definition) is 1. The fourth-order valence-electron chi connectivity index (χ4n) is 3.74. The largest absolute Gasteiger partial charge is 0.329 e. The highest BCUT2D eigenvalue weighted by Gasteiger charge is 2.34. The number of benzene rings is 1. The Hall–Kier alpha value is -2.70. The van der Waals surface area contributed by atoms with Crippen LogP contribution in [0.1, 0.15) is 43.2 Å². The highest BCUT2D eigenvalue weighted by atomic mass is 16.2. The summed E-state index contributed by atoms with van der Waals surface area (Å²) in [7, 11) is 1.68. The van der Waals surface area contributed by atoms with Gasteiger partial charge in [0.25, 0.3) is 0 Å². The summed E-state index contributed by atoms with van der Waals surface area (Å²) in [5, 5.41) is 2.30. The van der Waals surface area contributed by atoms with Crippen molar-refractivity contribution in [2.45, 2.75) is 37.6 Å². The van der Waals surface area contributed by atoms with E-state index in [0.717, 1.165) is 11.1 Å². The van der Waals surface area contributed by atoms with Crippen molar-refractivity contribution >= 4 is 28.6 Å². The van der Waals surface area contributed by atoms with Gasteiger partial charge in [-0.15, -0.1) is 0 Å². The third-order valence-corrected chi connectivity index (χ3v) is 5.04. The Morgan fingerprint density at radius 3 is 2.54 bits per heavy atom. The molecule has 1 saturated carbocycles. The summed E-state index contributed by atoms with van der Waals surface area (Å²) >= 11 is 0. The van der Waals surface area contributed by atoms with Crippen LogP contribution in [0, 0.1) is 0 Å². The van der Waals surface area contributed by atoms with E-state index in [0.29, 0.717) is 24.8 Å². The number of fused-ring (bicyclic) bond motifs is 1. The van der Waals surface area contributed by atoms with Crippen molar-refractivity contribution in [3.8, 4) is 0 Å². The van der Waals surface area contributed by atoms with Crippen molar-refractivity contribution in [2.75, 3.05) is 0 Å². The van der Waals surface area contributed by atoms with Gasteiger partial charge in [0.2, 0.25) is 11.8 Å². The molecule has 1 aromatic heterocycles. The second-order valence-electron chi connectivity index (χ2n) is 6.54. The normalized spacial score (nSPS) is 21.9. The van der Waals surface area contributed by atoms with E-state index in [1.165, 1.54) is 9.13 Å². The van der Waals surface area contributed by atoms with Crippen LogP contribution in [-0.2, 0) is 21.4 Å². The lowest BCUT2D eigenvalue weighted by Crippen LogP contribution is -2.44. The maximum atomic E-state index is 12.8. The molecule has 1 aliphatic heterocycles. The lowest BCUT2D eigenvalue weighted by molar-refractivity contribution is -0.135. The van der Waals surface area contributed by atoms with E-state index in [4.69, 9.17) is 0 Å². The molecule has 0 bridgehead atoms. The molecule has 1 atom stereocenters. The minimum atomic E-state index is -0.683. The fraction of sp³-hybridized carbons (Fsp3) is 0.412. The molecule has 4 rings (SSSR count). The van der Waals surface area contributed by atoms with Gasteiger partial charge >= 0.3 is 5.69 Å². The lowest BCUT2D eigenvalue weighted by atomic mass is 9.78. The Labute approximate surface area is 137 Å². The summed E-state index contributed by atoms with van der Waals surface area (Å²) in [5.74, 6) is -0.390. The Balaban J connectivity index is 1.88. The monoisotopic (exact) mass is 327 g/mol. The summed E-state index contributed by atoms with van der Waals surface area (Å²) in [6, 6.07) is 4.91. The molecule has 1 unspecified atom stereocenters. The van der Waals surface area contributed by atoms with Crippen LogP contribution in [0.2, 0.25) is 0 Å². The molecule has 124 valence electrons. The number of carbonyl (C=O) groups is 3. The number of ketones is 1. The van der Waals surface area contributed by atoms with Gasteiger partial charge < -0.3 is 0 Å². The first-order chi connectivity index (χ1) is 11.5. The van der Waals surface area contributed by atoms with Gasteiger partial charge in [0.1, 0.15) is 11.8 Å². The number of piperidine rings is 1. The molecule has 7 nitrogen and oxygen atoms in total.